The topological polar surface area (TPSA) is 59.5 Å². The van der Waals surface area contributed by atoms with Crippen LogP contribution in [0.1, 0.15) is 32.6 Å². The summed E-state index contributed by atoms with van der Waals surface area (Å²) in [7, 11) is 1.79. The van der Waals surface area contributed by atoms with Crippen LogP contribution in [0.2, 0.25) is 0 Å². The van der Waals surface area contributed by atoms with Crippen molar-refractivity contribution in [1.82, 2.24) is 4.90 Å². The minimum Gasteiger partial charge on any atom is -0.459 e. The molecule has 0 saturated heterocycles. The van der Waals surface area contributed by atoms with E-state index < -0.39 is 5.41 Å². The van der Waals surface area contributed by atoms with Gasteiger partial charge in [0.05, 0.1) is 11.5 Å². The van der Waals surface area contributed by atoms with Crippen LogP contribution >= 0.6 is 0 Å². The Kier molecular flexibility index (Phi) is 3.86. The molecule has 1 unspecified atom stereocenters. The van der Waals surface area contributed by atoms with Crippen LogP contribution in [0.25, 0.3) is 11.0 Å². The van der Waals surface area contributed by atoms with Gasteiger partial charge in [-0.25, -0.2) is 0 Å². The monoisotopic (exact) mass is 274 g/mol. The maximum atomic E-state index is 12.4. The van der Waals surface area contributed by atoms with Crippen molar-refractivity contribution in [2.75, 3.05) is 13.6 Å². The molecule has 1 heterocycles. The zero-order chi connectivity index (χ0) is 14.9. The van der Waals surface area contributed by atoms with Crippen LogP contribution in [-0.4, -0.2) is 24.4 Å². The van der Waals surface area contributed by atoms with Gasteiger partial charge in [0.2, 0.25) is 5.91 Å². The zero-order valence-corrected chi connectivity index (χ0v) is 12.5. The van der Waals surface area contributed by atoms with Gasteiger partial charge >= 0.3 is 0 Å². The normalized spacial score (nSPS) is 13.4. The van der Waals surface area contributed by atoms with Crippen LogP contribution in [0.3, 0.4) is 0 Å². The van der Waals surface area contributed by atoms with Crippen LogP contribution in [0.5, 0.6) is 0 Å². The van der Waals surface area contributed by atoms with E-state index in [2.05, 4.69) is 0 Å². The summed E-state index contributed by atoms with van der Waals surface area (Å²) >= 11 is 0. The molecule has 4 nitrogen and oxygen atoms in total. The van der Waals surface area contributed by atoms with E-state index in [1.165, 1.54) is 0 Å². The Labute approximate surface area is 119 Å². The summed E-state index contributed by atoms with van der Waals surface area (Å²) in [5.41, 5.74) is 5.95. The maximum Gasteiger partial charge on any atom is 0.229 e. The lowest BCUT2D eigenvalue weighted by Gasteiger charge is -2.31. The summed E-state index contributed by atoms with van der Waals surface area (Å²) in [6, 6.07) is 9.70. The second-order valence-corrected chi connectivity index (χ2v) is 5.87. The Hall–Kier alpha value is -1.81. The molecule has 1 atom stereocenters. The molecule has 2 N–H and O–H groups in total. The standard InChI is InChI=1S/C16H22N2O2/c1-11(18(4)15(19)16(2,3)10-17)14-9-12-7-5-6-8-13(12)20-14/h5-9,11H,10,17H2,1-4H3. The van der Waals surface area contributed by atoms with Gasteiger partial charge < -0.3 is 15.1 Å². The molecule has 1 aromatic carbocycles. The highest BCUT2D eigenvalue weighted by Crippen LogP contribution is 2.29. The molecule has 0 bridgehead atoms. The Balaban J connectivity index is 2.26. The lowest BCUT2D eigenvalue weighted by molar-refractivity contribution is -0.140. The van der Waals surface area contributed by atoms with Gasteiger partial charge in [0, 0.05) is 19.0 Å². The lowest BCUT2D eigenvalue weighted by Crippen LogP contribution is -2.43. The first-order valence-electron chi connectivity index (χ1n) is 6.82. The van der Waals surface area contributed by atoms with E-state index in [0.29, 0.717) is 6.54 Å². The molecule has 20 heavy (non-hydrogen) atoms. The fourth-order valence-corrected chi connectivity index (χ4v) is 2.14. The largest absolute Gasteiger partial charge is 0.459 e. The number of fused-ring (bicyclic) bond motifs is 1. The molecule has 0 aliphatic rings. The average Bonchev–Trinajstić information content (AvgIpc) is 2.88. The summed E-state index contributed by atoms with van der Waals surface area (Å²) in [4.78, 5) is 14.1. The number of hydrogen-bond acceptors (Lipinski definition) is 3. The first kappa shape index (κ1) is 14.6. The first-order chi connectivity index (χ1) is 9.36. The highest BCUT2D eigenvalue weighted by molar-refractivity contribution is 5.83. The number of nitrogens with two attached hydrogens (primary N) is 1. The van der Waals surface area contributed by atoms with Gasteiger partial charge in [-0.15, -0.1) is 0 Å². The summed E-state index contributed by atoms with van der Waals surface area (Å²) < 4.78 is 5.82. The van der Waals surface area contributed by atoms with E-state index in [1.807, 2.05) is 51.1 Å². The van der Waals surface area contributed by atoms with Gasteiger partial charge in [-0.1, -0.05) is 18.2 Å². The first-order valence-corrected chi connectivity index (χ1v) is 6.82. The summed E-state index contributed by atoms with van der Waals surface area (Å²) in [5.74, 6) is 0.808. The molecule has 0 radical (unpaired) electrons. The van der Waals surface area contributed by atoms with Crippen molar-refractivity contribution >= 4 is 16.9 Å². The van der Waals surface area contributed by atoms with Crippen molar-refractivity contribution in [3.8, 4) is 0 Å². The predicted octanol–water partition coefficient (Wildman–Crippen LogP) is 2.94. The van der Waals surface area contributed by atoms with Crippen LogP contribution in [0.15, 0.2) is 34.7 Å². The number of amides is 1. The van der Waals surface area contributed by atoms with E-state index in [4.69, 9.17) is 10.2 Å². The molecular weight excluding hydrogens is 252 g/mol. The maximum absolute atomic E-state index is 12.4. The fraction of sp³-hybridized carbons (Fsp3) is 0.438. The van der Waals surface area contributed by atoms with Crippen molar-refractivity contribution in [1.29, 1.82) is 0 Å². The van der Waals surface area contributed by atoms with Crippen LogP contribution in [0.4, 0.5) is 0 Å². The average molecular weight is 274 g/mol. The van der Waals surface area contributed by atoms with Crippen LogP contribution < -0.4 is 5.73 Å². The number of para-hydroxylation sites is 1. The predicted molar refractivity (Wildman–Crippen MR) is 80.2 cm³/mol. The van der Waals surface area contributed by atoms with Crippen LogP contribution in [0, 0.1) is 5.41 Å². The van der Waals surface area contributed by atoms with Gasteiger partial charge in [0.15, 0.2) is 0 Å². The fourth-order valence-electron chi connectivity index (χ4n) is 2.14. The van der Waals surface area contributed by atoms with Crippen molar-refractivity contribution in [3.05, 3.63) is 36.1 Å². The Morgan fingerprint density at radius 1 is 1.40 bits per heavy atom. The second-order valence-electron chi connectivity index (χ2n) is 5.87. The lowest BCUT2D eigenvalue weighted by atomic mass is 9.91. The SMILES string of the molecule is CC(c1cc2ccccc2o1)N(C)C(=O)C(C)(C)CN. The van der Waals surface area contributed by atoms with Crippen molar-refractivity contribution in [3.63, 3.8) is 0 Å². The number of benzene rings is 1. The molecule has 108 valence electrons. The van der Waals surface area contributed by atoms with Gasteiger partial charge in [-0.05, 0) is 32.9 Å². The van der Waals surface area contributed by atoms with E-state index >= 15 is 0 Å². The molecule has 0 aliphatic heterocycles. The van der Waals surface area contributed by atoms with E-state index in [-0.39, 0.29) is 11.9 Å². The molecule has 0 aliphatic carbocycles. The van der Waals surface area contributed by atoms with Crippen LogP contribution in [-0.2, 0) is 4.79 Å². The molecule has 4 heteroatoms. The summed E-state index contributed by atoms with van der Waals surface area (Å²) in [6.07, 6.45) is 0. The van der Waals surface area contributed by atoms with Gasteiger partial charge in [-0.3, -0.25) is 4.79 Å². The molecular formula is C16H22N2O2. The molecule has 2 rings (SSSR count). The van der Waals surface area contributed by atoms with Gasteiger partial charge in [0.1, 0.15) is 11.3 Å². The van der Waals surface area contributed by atoms with Crippen molar-refractivity contribution in [2.45, 2.75) is 26.8 Å². The molecule has 0 spiro atoms. The smallest absolute Gasteiger partial charge is 0.229 e. The van der Waals surface area contributed by atoms with Gasteiger partial charge in [0.25, 0.3) is 0 Å². The summed E-state index contributed by atoms with van der Waals surface area (Å²) in [5, 5.41) is 1.05. The van der Waals surface area contributed by atoms with Crippen molar-refractivity contribution < 1.29 is 9.21 Å². The van der Waals surface area contributed by atoms with E-state index in [0.717, 1.165) is 16.7 Å². The van der Waals surface area contributed by atoms with Crippen molar-refractivity contribution in [2.24, 2.45) is 11.1 Å². The van der Waals surface area contributed by atoms with E-state index in [9.17, 15) is 4.79 Å². The molecule has 0 fully saturated rings. The number of nitrogens with zero attached hydrogens (tertiary/aromatic N) is 1. The number of hydrogen-bond donors (Lipinski definition) is 1. The third-order valence-corrected chi connectivity index (χ3v) is 3.85. The summed E-state index contributed by atoms with van der Waals surface area (Å²) in [6.45, 7) is 6.00. The minimum atomic E-state index is -0.560. The Morgan fingerprint density at radius 3 is 2.65 bits per heavy atom. The third kappa shape index (κ3) is 2.56. The number of carbonyl (C=O) groups excluding carboxylic acids is 1. The molecule has 2 aromatic rings. The van der Waals surface area contributed by atoms with Gasteiger partial charge in [-0.2, -0.15) is 0 Å². The highest BCUT2D eigenvalue weighted by atomic mass is 16.3. The molecule has 0 saturated carbocycles. The zero-order valence-electron chi connectivity index (χ0n) is 12.5. The Morgan fingerprint density at radius 2 is 2.05 bits per heavy atom. The number of furan rings is 1. The highest BCUT2D eigenvalue weighted by Gasteiger charge is 2.32. The number of carbonyl (C=O) groups is 1. The molecule has 1 aromatic heterocycles. The van der Waals surface area contributed by atoms with E-state index in [1.54, 1.807) is 11.9 Å². The molecule has 1 amide bonds. The Bertz CT molecular complexity index is 583. The second kappa shape index (κ2) is 5.29. The quantitative estimate of drug-likeness (QED) is 0.932. The number of rotatable bonds is 4. The third-order valence-electron chi connectivity index (χ3n) is 3.85. The minimum absolute atomic E-state index is 0.0213.